The van der Waals surface area contributed by atoms with Crippen LogP contribution in [0.1, 0.15) is 71.1 Å². The summed E-state index contributed by atoms with van der Waals surface area (Å²) in [6.45, 7) is 4.04. The minimum Gasteiger partial charge on any atom is -0.457 e. The van der Waals surface area contributed by atoms with Crippen molar-refractivity contribution in [3.05, 3.63) is 75.4 Å². The number of para-hydroxylation sites is 1. The fourth-order valence-corrected chi connectivity index (χ4v) is 5.60. The third-order valence-electron chi connectivity index (χ3n) is 7.86. The van der Waals surface area contributed by atoms with E-state index in [0.29, 0.717) is 36.7 Å². The van der Waals surface area contributed by atoms with Crippen LogP contribution in [0.5, 0.6) is 11.5 Å². The van der Waals surface area contributed by atoms with E-state index < -0.39 is 0 Å². The van der Waals surface area contributed by atoms with Gasteiger partial charge < -0.3 is 14.2 Å². The second kappa shape index (κ2) is 13.0. The van der Waals surface area contributed by atoms with Crippen molar-refractivity contribution in [2.45, 2.75) is 84.2 Å². The zero-order valence-corrected chi connectivity index (χ0v) is 23.8. The van der Waals surface area contributed by atoms with Gasteiger partial charge in [-0.05, 0) is 42.8 Å². The van der Waals surface area contributed by atoms with E-state index in [1.54, 1.807) is 7.05 Å². The van der Waals surface area contributed by atoms with Gasteiger partial charge in [-0.15, -0.1) is 0 Å². The standard InChI is InChI=1S/C32H41N5O3/c1-3-4-5-6-7-8-9-10-11-15-22-37-30(38)28-29(34(2)32(37)39)33-31-35(23-24-36(28)31)25-18-20-27(21-19-25)40-26-16-13-12-14-17-26/h12-14,16-21H,3-11,15,22-24H2,1-2H3. The SMILES string of the molecule is CCCCCCCCCCCCn1c(=O)c2c(nc3n2CCN3c2ccc(Oc3ccccc3)cc2)n(C)c1=O. The van der Waals surface area contributed by atoms with Gasteiger partial charge in [-0.25, -0.2) is 4.79 Å². The van der Waals surface area contributed by atoms with Gasteiger partial charge in [0.2, 0.25) is 5.95 Å². The summed E-state index contributed by atoms with van der Waals surface area (Å²) in [4.78, 5) is 33.5. The molecule has 40 heavy (non-hydrogen) atoms. The Morgan fingerprint density at radius 2 is 1.40 bits per heavy atom. The lowest BCUT2D eigenvalue weighted by atomic mass is 10.1. The highest BCUT2D eigenvalue weighted by Crippen LogP contribution is 2.33. The van der Waals surface area contributed by atoms with E-state index in [9.17, 15) is 9.59 Å². The smallest absolute Gasteiger partial charge is 0.332 e. The van der Waals surface area contributed by atoms with Gasteiger partial charge in [-0.3, -0.25) is 13.9 Å². The minimum atomic E-state index is -0.292. The highest BCUT2D eigenvalue weighted by Gasteiger charge is 2.28. The number of aryl methyl sites for hydroxylation is 1. The number of fused-ring (bicyclic) bond motifs is 3. The summed E-state index contributed by atoms with van der Waals surface area (Å²) in [6.07, 6.45) is 12.1. The summed E-state index contributed by atoms with van der Waals surface area (Å²) in [5, 5.41) is 0. The van der Waals surface area contributed by atoms with Crippen molar-refractivity contribution in [1.29, 1.82) is 0 Å². The van der Waals surface area contributed by atoms with E-state index in [1.807, 2.05) is 59.2 Å². The lowest BCUT2D eigenvalue weighted by Gasteiger charge is -2.16. The number of rotatable bonds is 14. The maximum absolute atomic E-state index is 13.5. The van der Waals surface area contributed by atoms with E-state index in [4.69, 9.17) is 9.72 Å². The Morgan fingerprint density at radius 1 is 0.775 bits per heavy atom. The summed E-state index contributed by atoms with van der Waals surface area (Å²) in [5.41, 5.74) is 1.39. The zero-order valence-electron chi connectivity index (χ0n) is 23.8. The van der Waals surface area contributed by atoms with E-state index in [0.717, 1.165) is 36.4 Å². The Kier molecular flexibility index (Phi) is 9.04. The number of hydrogen-bond acceptors (Lipinski definition) is 5. The van der Waals surface area contributed by atoms with E-state index in [1.165, 1.54) is 54.1 Å². The van der Waals surface area contributed by atoms with Crippen molar-refractivity contribution in [3.63, 3.8) is 0 Å². The number of nitrogens with zero attached hydrogens (tertiary/aromatic N) is 5. The first-order valence-corrected chi connectivity index (χ1v) is 14.9. The van der Waals surface area contributed by atoms with Crippen LogP contribution in [0.25, 0.3) is 11.2 Å². The molecule has 0 radical (unpaired) electrons. The molecule has 2 aromatic heterocycles. The van der Waals surface area contributed by atoms with Gasteiger partial charge in [0.15, 0.2) is 11.2 Å². The molecule has 8 heteroatoms. The molecular formula is C32H41N5O3. The third kappa shape index (κ3) is 6.01. The fraction of sp³-hybridized carbons (Fsp3) is 0.469. The zero-order chi connectivity index (χ0) is 27.9. The number of anilines is 2. The summed E-state index contributed by atoms with van der Waals surface area (Å²) in [6, 6.07) is 17.5. The predicted octanol–water partition coefficient (Wildman–Crippen LogP) is 6.76. The second-order valence-electron chi connectivity index (χ2n) is 10.8. The van der Waals surface area contributed by atoms with Crippen molar-refractivity contribution in [1.82, 2.24) is 18.7 Å². The molecule has 0 fully saturated rings. The van der Waals surface area contributed by atoms with Gasteiger partial charge in [-0.1, -0.05) is 82.9 Å². The van der Waals surface area contributed by atoms with Gasteiger partial charge in [0.25, 0.3) is 5.56 Å². The average Bonchev–Trinajstić information content (AvgIpc) is 3.55. The Labute approximate surface area is 235 Å². The fourth-order valence-electron chi connectivity index (χ4n) is 5.60. The molecule has 8 nitrogen and oxygen atoms in total. The topological polar surface area (TPSA) is 74.3 Å². The lowest BCUT2D eigenvalue weighted by Crippen LogP contribution is -2.39. The summed E-state index contributed by atoms with van der Waals surface area (Å²) >= 11 is 0. The van der Waals surface area contributed by atoms with Crippen molar-refractivity contribution in [3.8, 4) is 11.5 Å². The second-order valence-corrected chi connectivity index (χ2v) is 10.8. The third-order valence-corrected chi connectivity index (χ3v) is 7.86. The van der Waals surface area contributed by atoms with Gasteiger partial charge in [-0.2, -0.15) is 4.98 Å². The molecule has 0 bridgehead atoms. The van der Waals surface area contributed by atoms with Crippen LogP contribution in [0.15, 0.2) is 64.2 Å². The number of unbranched alkanes of at least 4 members (excludes halogenated alkanes) is 9. The number of benzene rings is 2. The molecule has 0 atom stereocenters. The molecule has 0 saturated carbocycles. The summed E-state index contributed by atoms with van der Waals surface area (Å²) in [5.74, 6) is 2.23. The first kappa shape index (κ1) is 27.7. The Bertz CT molecular complexity index is 1520. The van der Waals surface area contributed by atoms with Crippen molar-refractivity contribution >= 4 is 22.8 Å². The molecule has 4 aromatic rings. The Balaban J connectivity index is 1.26. The van der Waals surface area contributed by atoms with Crippen LogP contribution < -0.4 is 20.9 Å². The van der Waals surface area contributed by atoms with Crippen molar-refractivity contribution < 1.29 is 4.74 Å². The first-order chi connectivity index (χ1) is 19.6. The molecule has 0 unspecified atom stereocenters. The average molecular weight is 544 g/mol. The molecule has 212 valence electrons. The van der Waals surface area contributed by atoms with Crippen molar-refractivity contribution in [2.24, 2.45) is 7.05 Å². The molecule has 0 spiro atoms. The van der Waals surface area contributed by atoms with Gasteiger partial charge in [0.1, 0.15) is 11.5 Å². The van der Waals surface area contributed by atoms with Crippen LogP contribution in [-0.4, -0.2) is 25.2 Å². The molecule has 3 heterocycles. The Morgan fingerprint density at radius 3 is 2.08 bits per heavy atom. The summed E-state index contributed by atoms with van der Waals surface area (Å²) in [7, 11) is 1.71. The maximum Gasteiger partial charge on any atom is 0.332 e. The molecule has 1 aliphatic heterocycles. The molecular weight excluding hydrogens is 502 g/mol. The number of ether oxygens (including phenoxy) is 1. The van der Waals surface area contributed by atoms with Crippen LogP contribution in [0, 0.1) is 0 Å². The van der Waals surface area contributed by atoms with Crippen LogP contribution >= 0.6 is 0 Å². The predicted molar refractivity (Wildman–Crippen MR) is 161 cm³/mol. The van der Waals surface area contributed by atoms with E-state index in [-0.39, 0.29) is 11.2 Å². The molecule has 0 amide bonds. The largest absolute Gasteiger partial charge is 0.457 e. The van der Waals surface area contributed by atoms with E-state index >= 15 is 0 Å². The maximum atomic E-state index is 13.5. The quantitative estimate of drug-likeness (QED) is 0.164. The first-order valence-electron chi connectivity index (χ1n) is 14.9. The lowest BCUT2D eigenvalue weighted by molar-refractivity contribution is 0.482. The highest BCUT2D eigenvalue weighted by atomic mass is 16.5. The normalized spacial score (nSPS) is 12.8. The minimum absolute atomic E-state index is 0.235. The number of aromatic nitrogens is 4. The molecule has 1 aliphatic rings. The van der Waals surface area contributed by atoms with Crippen molar-refractivity contribution in [2.75, 3.05) is 11.4 Å². The van der Waals surface area contributed by atoms with Crippen LogP contribution in [0.2, 0.25) is 0 Å². The van der Waals surface area contributed by atoms with Gasteiger partial charge in [0.05, 0.1) is 0 Å². The monoisotopic (exact) mass is 543 g/mol. The van der Waals surface area contributed by atoms with Crippen LogP contribution in [0.4, 0.5) is 11.6 Å². The van der Waals surface area contributed by atoms with E-state index in [2.05, 4.69) is 11.8 Å². The highest BCUT2D eigenvalue weighted by molar-refractivity contribution is 5.77. The number of imidazole rings is 1. The van der Waals surface area contributed by atoms with Gasteiger partial charge in [0, 0.05) is 32.4 Å². The van der Waals surface area contributed by atoms with Crippen LogP contribution in [0.3, 0.4) is 0 Å². The number of hydrogen-bond donors (Lipinski definition) is 0. The summed E-state index contributed by atoms with van der Waals surface area (Å²) < 4.78 is 10.8. The molecule has 0 N–H and O–H groups in total. The molecule has 5 rings (SSSR count). The van der Waals surface area contributed by atoms with Gasteiger partial charge >= 0.3 is 5.69 Å². The molecule has 0 saturated heterocycles. The van der Waals surface area contributed by atoms with Crippen LogP contribution in [-0.2, 0) is 20.1 Å². The molecule has 2 aromatic carbocycles. The Hall–Kier alpha value is -3.81. The molecule has 0 aliphatic carbocycles.